The Hall–Kier alpha value is -3.59. The van der Waals surface area contributed by atoms with E-state index in [4.69, 9.17) is 4.74 Å². The van der Waals surface area contributed by atoms with Crippen molar-refractivity contribution in [2.45, 2.75) is 51.5 Å². The zero-order valence-corrected chi connectivity index (χ0v) is 21.0. The van der Waals surface area contributed by atoms with Gasteiger partial charge in [-0.05, 0) is 47.5 Å². The molecule has 0 radical (unpaired) electrons. The second-order valence-electron chi connectivity index (χ2n) is 8.68. The van der Waals surface area contributed by atoms with E-state index in [0.717, 1.165) is 11.1 Å². The summed E-state index contributed by atoms with van der Waals surface area (Å²) in [6.07, 6.45) is -5.02. The maximum atomic E-state index is 13.4. The molecule has 3 atom stereocenters. The van der Waals surface area contributed by atoms with E-state index < -0.39 is 36.4 Å². The molecule has 0 spiro atoms. The highest BCUT2D eigenvalue weighted by molar-refractivity contribution is 5.83. The number of ether oxygens (including phenoxy) is 2. The van der Waals surface area contributed by atoms with Gasteiger partial charge in [0, 0.05) is 13.5 Å². The molecule has 2 aromatic heterocycles. The summed E-state index contributed by atoms with van der Waals surface area (Å²) in [4.78, 5) is 40.7. The predicted octanol–water partition coefficient (Wildman–Crippen LogP) is -1.17. The van der Waals surface area contributed by atoms with Crippen molar-refractivity contribution >= 4 is 22.8 Å². The fourth-order valence-corrected chi connectivity index (χ4v) is 3.61. The normalized spacial score (nSPS) is 13.9. The molecule has 3 rings (SSSR count). The number of tetrazole rings is 1. The number of aliphatic hydroxyl groups is 3. The number of methoxy groups -OCH3 is 1. The van der Waals surface area contributed by atoms with Crippen molar-refractivity contribution in [1.29, 1.82) is 0 Å². The first-order chi connectivity index (χ1) is 17.5. The Morgan fingerprint density at radius 1 is 1.08 bits per heavy atom. The lowest BCUT2D eigenvalue weighted by atomic mass is 10.1. The molecular weight excluding hydrogens is 488 g/mol. The molecule has 0 bridgehead atoms. The number of fused-ring (bicyclic) bond motifs is 1. The zero-order chi connectivity index (χ0) is 27.3. The van der Waals surface area contributed by atoms with E-state index >= 15 is 0 Å². The smallest absolute Gasteiger partial charge is 0.305 e. The van der Waals surface area contributed by atoms with Crippen LogP contribution in [0.15, 0.2) is 16.9 Å². The van der Waals surface area contributed by atoms with Gasteiger partial charge in [-0.2, -0.15) is 0 Å². The molecule has 2 heterocycles. The van der Waals surface area contributed by atoms with Gasteiger partial charge in [0.1, 0.15) is 24.9 Å². The molecule has 0 aliphatic carbocycles. The number of aryl methyl sites for hydroxylation is 3. The Bertz CT molecular complexity index is 1340. The quantitative estimate of drug-likeness (QED) is 0.244. The van der Waals surface area contributed by atoms with Gasteiger partial charge in [-0.3, -0.25) is 14.4 Å². The van der Waals surface area contributed by atoms with E-state index in [0.29, 0.717) is 11.0 Å². The molecule has 0 unspecified atom stereocenters. The van der Waals surface area contributed by atoms with Crippen LogP contribution in [0.4, 0.5) is 0 Å². The highest BCUT2D eigenvalue weighted by Gasteiger charge is 2.27. The van der Waals surface area contributed by atoms with E-state index in [9.17, 15) is 29.7 Å². The van der Waals surface area contributed by atoms with E-state index in [1.54, 1.807) is 19.2 Å². The molecule has 14 nitrogen and oxygen atoms in total. The molecular formula is C23H30N6O8. The minimum Gasteiger partial charge on any atom is -0.469 e. The molecule has 3 N–H and O–H groups in total. The lowest BCUT2D eigenvalue weighted by molar-refractivity contribution is -0.142. The molecule has 0 saturated heterocycles. The minimum atomic E-state index is -1.70. The summed E-state index contributed by atoms with van der Waals surface area (Å²) in [7, 11) is 2.77. The molecule has 0 amide bonds. The van der Waals surface area contributed by atoms with Crippen LogP contribution < -0.4 is 5.56 Å². The van der Waals surface area contributed by atoms with Crippen molar-refractivity contribution in [2.75, 3.05) is 20.3 Å². The minimum absolute atomic E-state index is 0.0423. The van der Waals surface area contributed by atoms with Gasteiger partial charge in [-0.25, -0.2) is 9.67 Å². The number of carbonyl (C=O) groups excluding carboxylic acids is 2. The molecule has 0 saturated carbocycles. The van der Waals surface area contributed by atoms with Crippen LogP contribution in [0.2, 0.25) is 0 Å². The third-order valence-electron chi connectivity index (χ3n) is 5.94. The monoisotopic (exact) mass is 518 g/mol. The van der Waals surface area contributed by atoms with Gasteiger partial charge in [0.25, 0.3) is 5.56 Å². The summed E-state index contributed by atoms with van der Waals surface area (Å²) < 4.78 is 12.1. The first-order valence-electron chi connectivity index (χ1n) is 11.5. The summed E-state index contributed by atoms with van der Waals surface area (Å²) in [5.74, 6) is -0.798. The summed E-state index contributed by atoms with van der Waals surface area (Å²) in [5.41, 5.74) is 2.05. The number of aromatic nitrogens is 6. The van der Waals surface area contributed by atoms with Crippen LogP contribution in [0, 0.1) is 13.8 Å². The van der Waals surface area contributed by atoms with Crippen LogP contribution in [-0.4, -0.2) is 95.5 Å². The van der Waals surface area contributed by atoms with Crippen molar-refractivity contribution in [3.63, 3.8) is 0 Å². The Morgan fingerprint density at radius 3 is 2.43 bits per heavy atom. The first-order valence-corrected chi connectivity index (χ1v) is 11.5. The number of aliphatic hydroxyl groups excluding tert-OH is 3. The second-order valence-corrected chi connectivity index (χ2v) is 8.68. The maximum Gasteiger partial charge on any atom is 0.305 e. The summed E-state index contributed by atoms with van der Waals surface area (Å²) in [6.45, 7) is 2.53. The van der Waals surface area contributed by atoms with Crippen LogP contribution in [-0.2, 0) is 32.7 Å². The van der Waals surface area contributed by atoms with E-state index in [1.807, 2.05) is 13.8 Å². The van der Waals surface area contributed by atoms with Gasteiger partial charge in [-0.15, -0.1) is 5.10 Å². The van der Waals surface area contributed by atoms with Gasteiger partial charge in [0.2, 0.25) is 5.82 Å². The lowest BCUT2D eigenvalue weighted by Crippen LogP contribution is -2.44. The molecule has 1 aromatic carbocycles. The zero-order valence-electron chi connectivity index (χ0n) is 21.0. The lowest BCUT2D eigenvalue weighted by Gasteiger charge is -2.24. The van der Waals surface area contributed by atoms with Crippen LogP contribution in [0.5, 0.6) is 0 Å². The Morgan fingerprint density at radius 2 is 1.78 bits per heavy atom. The van der Waals surface area contributed by atoms with E-state index in [-0.39, 0.29) is 43.3 Å². The largest absolute Gasteiger partial charge is 0.469 e. The molecule has 0 fully saturated rings. The van der Waals surface area contributed by atoms with Gasteiger partial charge in [-0.1, -0.05) is 0 Å². The van der Waals surface area contributed by atoms with Crippen LogP contribution in [0.1, 0.15) is 24.0 Å². The van der Waals surface area contributed by atoms with E-state index in [1.165, 1.54) is 16.4 Å². The Labute approximate surface area is 211 Å². The third-order valence-corrected chi connectivity index (χ3v) is 5.94. The van der Waals surface area contributed by atoms with Crippen molar-refractivity contribution < 1.29 is 34.4 Å². The number of carbonyl (C=O) groups is 2. The molecule has 0 aliphatic heterocycles. The van der Waals surface area contributed by atoms with E-state index in [2.05, 4.69) is 25.2 Å². The van der Waals surface area contributed by atoms with Crippen LogP contribution in [0.3, 0.4) is 0 Å². The molecule has 3 aromatic rings. The molecule has 14 heteroatoms. The number of ketones is 1. The SMILES string of the molecule is COC(=O)CCC(=O)COC[C@@H](O)[C@@H](O)[C@@H](O)Cn1c(=O)c(-c2nnnn2C)nc2cc(C)c(C)cc21. The third kappa shape index (κ3) is 6.60. The summed E-state index contributed by atoms with van der Waals surface area (Å²) in [5, 5.41) is 42.6. The average Bonchev–Trinajstić information content (AvgIpc) is 3.30. The summed E-state index contributed by atoms with van der Waals surface area (Å²) >= 11 is 0. The Balaban J connectivity index is 1.77. The summed E-state index contributed by atoms with van der Waals surface area (Å²) in [6, 6.07) is 3.53. The topological polar surface area (TPSA) is 192 Å². The van der Waals surface area contributed by atoms with Gasteiger partial charge < -0.3 is 29.4 Å². The van der Waals surface area contributed by atoms with Crippen molar-refractivity contribution in [1.82, 2.24) is 29.8 Å². The van der Waals surface area contributed by atoms with Gasteiger partial charge in [0.15, 0.2) is 11.5 Å². The van der Waals surface area contributed by atoms with Gasteiger partial charge >= 0.3 is 5.97 Å². The number of hydrogen-bond donors (Lipinski definition) is 3. The second kappa shape index (κ2) is 12.1. The highest BCUT2D eigenvalue weighted by atomic mass is 16.5. The first kappa shape index (κ1) is 28.0. The number of benzene rings is 1. The van der Waals surface area contributed by atoms with Crippen LogP contribution >= 0.6 is 0 Å². The number of rotatable bonds is 12. The highest BCUT2D eigenvalue weighted by Crippen LogP contribution is 2.20. The van der Waals surface area contributed by atoms with Crippen molar-refractivity contribution in [3.8, 4) is 11.5 Å². The van der Waals surface area contributed by atoms with Crippen molar-refractivity contribution in [3.05, 3.63) is 33.6 Å². The Kier molecular flexibility index (Phi) is 9.15. The molecule has 37 heavy (non-hydrogen) atoms. The number of Topliss-reactive ketones (excluding diaryl/α,β-unsaturated/α-hetero) is 1. The standard InChI is InChI=1S/C23H30N6O8/c1-12-7-15-16(8-13(12)2)29(23(35)20(24-15)22-25-26-27-28(22)3)9-17(31)21(34)18(32)11-37-10-14(30)5-6-19(33)36-4/h7-8,17-18,21,31-32,34H,5-6,9-11H2,1-4H3/t17-,18+,21-/m0/s1. The van der Waals surface area contributed by atoms with Crippen molar-refractivity contribution in [2.24, 2.45) is 7.05 Å². The maximum absolute atomic E-state index is 13.4. The molecule has 0 aliphatic rings. The van der Waals surface area contributed by atoms with Gasteiger partial charge in [0.05, 0.1) is 37.7 Å². The fourth-order valence-electron chi connectivity index (χ4n) is 3.61. The number of hydrogen-bond acceptors (Lipinski definition) is 12. The number of nitrogens with zero attached hydrogens (tertiary/aromatic N) is 6. The number of esters is 1. The average molecular weight is 519 g/mol. The molecule has 200 valence electrons. The fraction of sp³-hybridized carbons (Fsp3) is 0.522. The predicted molar refractivity (Wildman–Crippen MR) is 128 cm³/mol. The van der Waals surface area contributed by atoms with Crippen LogP contribution in [0.25, 0.3) is 22.6 Å².